The quantitative estimate of drug-likeness (QED) is 0.841. The van der Waals surface area contributed by atoms with Gasteiger partial charge in [0.15, 0.2) is 0 Å². The van der Waals surface area contributed by atoms with Crippen molar-refractivity contribution in [3.63, 3.8) is 0 Å². The lowest BCUT2D eigenvalue weighted by Gasteiger charge is -2.17. The van der Waals surface area contributed by atoms with E-state index < -0.39 is 0 Å². The minimum atomic E-state index is -0.341. The fraction of sp³-hybridized carbons (Fsp3) is 0.467. The summed E-state index contributed by atoms with van der Waals surface area (Å²) in [5, 5.41) is 5.64. The molecule has 0 aromatic heterocycles. The average molecular weight is 260 g/mol. The van der Waals surface area contributed by atoms with Crippen LogP contribution in [0.15, 0.2) is 30.3 Å². The van der Waals surface area contributed by atoms with Crippen molar-refractivity contribution in [3.05, 3.63) is 35.9 Å². The largest absolute Gasteiger partial charge is 0.352 e. The summed E-state index contributed by atoms with van der Waals surface area (Å²) in [6.07, 6.45) is 2.91. The zero-order chi connectivity index (χ0) is 13.7. The minimum absolute atomic E-state index is 0.0305. The number of hydrogen-bond acceptors (Lipinski definition) is 2. The van der Waals surface area contributed by atoms with Crippen molar-refractivity contribution < 1.29 is 9.59 Å². The third kappa shape index (κ3) is 4.09. The molecule has 2 rings (SSSR count). The lowest BCUT2D eigenvalue weighted by Crippen LogP contribution is -2.45. The molecule has 0 spiro atoms. The van der Waals surface area contributed by atoms with Crippen LogP contribution in [0, 0.1) is 0 Å². The van der Waals surface area contributed by atoms with Gasteiger partial charge < -0.3 is 10.6 Å². The number of carbonyl (C=O) groups excluding carboxylic acids is 2. The van der Waals surface area contributed by atoms with Crippen molar-refractivity contribution in [3.8, 4) is 0 Å². The highest BCUT2D eigenvalue weighted by Crippen LogP contribution is 2.08. The smallest absolute Gasteiger partial charge is 0.242 e. The van der Waals surface area contributed by atoms with Crippen molar-refractivity contribution in [2.75, 3.05) is 0 Å². The average Bonchev–Trinajstić information content (AvgIpc) is 2.84. The summed E-state index contributed by atoms with van der Waals surface area (Å²) < 4.78 is 0. The molecule has 19 heavy (non-hydrogen) atoms. The highest BCUT2D eigenvalue weighted by molar-refractivity contribution is 5.90. The molecule has 0 unspecified atom stereocenters. The molecule has 2 amide bonds. The van der Waals surface area contributed by atoms with Crippen molar-refractivity contribution in [1.29, 1.82) is 0 Å². The first kappa shape index (κ1) is 13.6. The van der Waals surface area contributed by atoms with Crippen LogP contribution in [0.1, 0.15) is 31.7 Å². The third-order valence-electron chi connectivity index (χ3n) is 3.41. The molecule has 4 heteroatoms. The summed E-state index contributed by atoms with van der Waals surface area (Å²) in [4.78, 5) is 23.0. The number of benzene rings is 1. The molecule has 102 valence electrons. The zero-order valence-electron chi connectivity index (χ0n) is 11.2. The van der Waals surface area contributed by atoms with Gasteiger partial charge in [0.1, 0.15) is 6.04 Å². The van der Waals surface area contributed by atoms with Crippen LogP contribution in [0.3, 0.4) is 0 Å². The van der Waals surface area contributed by atoms with Gasteiger partial charge in [-0.15, -0.1) is 0 Å². The molecule has 2 atom stereocenters. The number of hydrogen-bond donors (Lipinski definition) is 2. The van der Waals surface area contributed by atoms with Crippen LogP contribution in [-0.2, 0) is 16.0 Å². The van der Waals surface area contributed by atoms with E-state index in [1.165, 1.54) is 5.56 Å². The zero-order valence-corrected chi connectivity index (χ0v) is 11.2. The molecule has 1 aromatic rings. The van der Waals surface area contributed by atoms with Crippen molar-refractivity contribution in [1.82, 2.24) is 10.6 Å². The first-order valence-electron chi connectivity index (χ1n) is 6.79. The lowest BCUT2D eigenvalue weighted by molar-refractivity contribution is -0.126. The predicted molar refractivity (Wildman–Crippen MR) is 73.5 cm³/mol. The van der Waals surface area contributed by atoms with Crippen LogP contribution in [0.25, 0.3) is 0 Å². The number of rotatable bonds is 5. The number of carbonyl (C=O) groups is 2. The van der Waals surface area contributed by atoms with E-state index in [4.69, 9.17) is 0 Å². The van der Waals surface area contributed by atoms with Crippen LogP contribution >= 0.6 is 0 Å². The van der Waals surface area contributed by atoms with Gasteiger partial charge in [0, 0.05) is 12.5 Å². The van der Waals surface area contributed by atoms with Crippen LogP contribution < -0.4 is 10.6 Å². The van der Waals surface area contributed by atoms with Crippen molar-refractivity contribution in [2.24, 2.45) is 0 Å². The SMILES string of the molecule is C[C@H](CCc1ccccc1)NC(=O)[C@@H]1CCC(=O)N1. The van der Waals surface area contributed by atoms with E-state index in [1.54, 1.807) is 0 Å². The molecule has 0 aliphatic carbocycles. The maximum Gasteiger partial charge on any atom is 0.242 e. The Labute approximate surface area is 113 Å². The molecule has 4 nitrogen and oxygen atoms in total. The molecule has 0 radical (unpaired) electrons. The van der Waals surface area contributed by atoms with Gasteiger partial charge in [-0.05, 0) is 31.7 Å². The topological polar surface area (TPSA) is 58.2 Å². The Kier molecular flexibility index (Phi) is 4.55. The van der Waals surface area contributed by atoms with Crippen LogP contribution in [-0.4, -0.2) is 23.9 Å². The Bertz CT molecular complexity index is 445. The van der Waals surface area contributed by atoms with Gasteiger partial charge in [-0.3, -0.25) is 9.59 Å². The Morgan fingerprint density at radius 1 is 1.42 bits per heavy atom. The summed E-state index contributed by atoms with van der Waals surface area (Å²) in [5.41, 5.74) is 1.28. The normalized spacial score (nSPS) is 19.8. The fourth-order valence-electron chi connectivity index (χ4n) is 2.25. The van der Waals surface area contributed by atoms with E-state index in [0.29, 0.717) is 12.8 Å². The molecule has 1 aliphatic rings. The molecular formula is C15H20N2O2. The minimum Gasteiger partial charge on any atom is -0.352 e. The maximum atomic E-state index is 11.9. The van der Waals surface area contributed by atoms with Gasteiger partial charge in [-0.2, -0.15) is 0 Å². The molecule has 0 saturated carbocycles. The Morgan fingerprint density at radius 3 is 2.79 bits per heavy atom. The van der Waals surface area contributed by atoms with Gasteiger partial charge >= 0.3 is 0 Å². The van der Waals surface area contributed by atoms with Crippen LogP contribution in [0.4, 0.5) is 0 Å². The van der Waals surface area contributed by atoms with Crippen molar-refractivity contribution in [2.45, 2.75) is 44.7 Å². The molecular weight excluding hydrogens is 240 g/mol. The summed E-state index contributed by atoms with van der Waals surface area (Å²) in [6, 6.07) is 9.99. The lowest BCUT2D eigenvalue weighted by atomic mass is 10.1. The summed E-state index contributed by atoms with van der Waals surface area (Å²) in [6.45, 7) is 2.00. The molecule has 1 aliphatic heterocycles. The second-order valence-corrected chi connectivity index (χ2v) is 5.09. The summed E-state index contributed by atoms with van der Waals surface area (Å²) in [7, 11) is 0. The van der Waals surface area contributed by atoms with Crippen LogP contribution in [0.2, 0.25) is 0 Å². The van der Waals surface area contributed by atoms with E-state index in [1.807, 2.05) is 25.1 Å². The highest BCUT2D eigenvalue weighted by atomic mass is 16.2. The van der Waals surface area contributed by atoms with E-state index in [9.17, 15) is 9.59 Å². The van der Waals surface area contributed by atoms with E-state index in [0.717, 1.165) is 12.8 Å². The van der Waals surface area contributed by atoms with E-state index in [2.05, 4.69) is 22.8 Å². The van der Waals surface area contributed by atoms with Gasteiger partial charge in [0.05, 0.1) is 0 Å². The first-order chi connectivity index (χ1) is 9.15. The Hall–Kier alpha value is -1.84. The monoisotopic (exact) mass is 260 g/mol. The highest BCUT2D eigenvalue weighted by Gasteiger charge is 2.27. The fourth-order valence-corrected chi connectivity index (χ4v) is 2.25. The van der Waals surface area contributed by atoms with Gasteiger partial charge in [-0.25, -0.2) is 0 Å². The number of aryl methyl sites for hydroxylation is 1. The van der Waals surface area contributed by atoms with E-state index in [-0.39, 0.29) is 23.9 Å². The van der Waals surface area contributed by atoms with Gasteiger partial charge in [-0.1, -0.05) is 30.3 Å². The van der Waals surface area contributed by atoms with Crippen molar-refractivity contribution >= 4 is 11.8 Å². The van der Waals surface area contributed by atoms with Crippen LogP contribution in [0.5, 0.6) is 0 Å². The standard InChI is InChI=1S/C15H20N2O2/c1-11(7-8-12-5-3-2-4-6-12)16-15(19)13-9-10-14(18)17-13/h2-6,11,13H,7-10H2,1H3,(H,16,19)(H,17,18)/t11-,13+/m1/s1. The van der Waals surface area contributed by atoms with E-state index >= 15 is 0 Å². The summed E-state index contributed by atoms with van der Waals surface area (Å²) >= 11 is 0. The molecule has 1 aromatic carbocycles. The molecule has 1 heterocycles. The Balaban J connectivity index is 1.73. The molecule has 1 fully saturated rings. The summed E-state index contributed by atoms with van der Waals surface area (Å²) in [5.74, 6) is -0.0940. The molecule has 1 saturated heterocycles. The second kappa shape index (κ2) is 6.36. The van der Waals surface area contributed by atoms with Gasteiger partial charge in [0.25, 0.3) is 0 Å². The Morgan fingerprint density at radius 2 is 2.16 bits per heavy atom. The first-order valence-corrected chi connectivity index (χ1v) is 6.79. The van der Waals surface area contributed by atoms with Gasteiger partial charge in [0.2, 0.25) is 11.8 Å². The molecule has 0 bridgehead atoms. The predicted octanol–water partition coefficient (Wildman–Crippen LogP) is 1.40. The maximum absolute atomic E-state index is 11.9. The molecule has 2 N–H and O–H groups in total. The second-order valence-electron chi connectivity index (χ2n) is 5.09. The third-order valence-corrected chi connectivity index (χ3v) is 3.41. The number of amides is 2. The number of nitrogens with one attached hydrogen (secondary N) is 2.